The molecule has 0 unspecified atom stereocenters. The number of benzene rings is 2. The molecule has 0 heterocycles. The summed E-state index contributed by atoms with van der Waals surface area (Å²) in [4.78, 5) is 8.43. The number of aromatic hydroxyl groups is 2. The Balaban J connectivity index is 1.71. The minimum Gasteiger partial charge on any atom is -0.506 e. The molecule has 0 aliphatic carbocycles. The lowest BCUT2D eigenvalue weighted by Crippen LogP contribution is -2.20. The fourth-order valence-corrected chi connectivity index (χ4v) is 3.12. The van der Waals surface area contributed by atoms with Crippen LogP contribution in [0.1, 0.15) is 11.1 Å². The normalized spacial score (nSPS) is 11.7. The predicted molar refractivity (Wildman–Crippen MR) is 114 cm³/mol. The number of halogens is 4. The number of hydrogen-bond donors (Lipinski definition) is 3. The maximum atomic E-state index is 9.82. The highest BCUT2D eigenvalue weighted by molar-refractivity contribution is 6.36. The van der Waals surface area contributed by atoms with Crippen molar-refractivity contribution in [2.75, 3.05) is 26.2 Å². The van der Waals surface area contributed by atoms with Gasteiger partial charge in [-0.25, -0.2) is 0 Å². The molecule has 27 heavy (non-hydrogen) atoms. The van der Waals surface area contributed by atoms with Crippen LogP contribution in [0.5, 0.6) is 11.5 Å². The van der Waals surface area contributed by atoms with Crippen molar-refractivity contribution < 1.29 is 10.2 Å². The SMILES string of the molecule is Oc1c(Cl)cc(Cl)cc1C=NCCNCCN=Cc1cc(Cl)cc(Cl)c1O. The Morgan fingerprint density at radius 3 is 1.56 bits per heavy atom. The van der Waals surface area contributed by atoms with E-state index in [0.29, 0.717) is 47.4 Å². The van der Waals surface area contributed by atoms with Gasteiger partial charge in [0.05, 0.1) is 23.1 Å². The van der Waals surface area contributed by atoms with Crippen molar-refractivity contribution in [1.29, 1.82) is 0 Å². The van der Waals surface area contributed by atoms with E-state index >= 15 is 0 Å². The minimum absolute atomic E-state index is 0.0449. The summed E-state index contributed by atoms with van der Waals surface area (Å²) in [5.41, 5.74) is 0.939. The van der Waals surface area contributed by atoms with Gasteiger partial charge in [-0.3, -0.25) is 9.98 Å². The summed E-state index contributed by atoms with van der Waals surface area (Å²) in [5, 5.41) is 24.1. The lowest BCUT2D eigenvalue weighted by Gasteiger charge is -2.03. The Hall–Kier alpha value is -1.50. The first-order chi connectivity index (χ1) is 12.9. The third-order valence-corrected chi connectivity index (χ3v) is 4.42. The number of aliphatic imine (C=N–C) groups is 2. The Labute approximate surface area is 177 Å². The maximum Gasteiger partial charge on any atom is 0.143 e. The molecule has 2 aromatic carbocycles. The molecule has 0 aromatic heterocycles. The van der Waals surface area contributed by atoms with Crippen molar-refractivity contribution in [3.05, 3.63) is 55.5 Å². The number of hydrogen-bond acceptors (Lipinski definition) is 5. The van der Waals surface area contributed by atoms with E-state index in [9.17, 15) is 10.2 Å². The van der Waals surface area contributed by atoms with E-state index in [2.05, 4.69) is 15.3 Å². The molecule has 0 bridgehead atoms. The topological polar surface area (TPSA) is 77.2 Å². The quantitative estimate of drug-likeness (QED) is 0.399. The van der Waals surface area contributed by atoms with Crippen LogP contribution >= 0.6 is 46.4 Å². The van der Waals surface area contributed by atoms with E-state index in [4.69, 9.17) is 46.4 Å². The van der Waals surface area contributed by atoms with Crippen molar-refractivity contribution in [3.8, 4) is 11.5 Å². The molecule has 9 heteroatoms. The van der Waals surface area contributed by atoms with Crippen molar-refractivity contribution in [2.45, 2.75) is 0 Å². The first kappa shape index (κ1) is 21.8. The van der Waals surface area contributed by atoms with Crippen LogP contribution in [-0.2, 0) is 0 Å². The molecule has 0 atom stereocenters. The third kappa shape index (κ3) is 6.87. The molecule has 144 valence electrons. The summed E-state index contributed by atoms with van der Waals surface area (Å²) >= 11 is 23.5. The molecule has 5 nitrogen and oxygen atoms in total. The number of phenols is 2. The van der Waals surface area contributed by atoms with Gasteiger partial charge in [0.1, 0.15) is 11.5 Å². The number of nitrogens with one attached hydrogen (secondary N) is 1. The van der Waals surface area contributed by atoms with Crippen molar-refractivity contribution >= 4 is 58.8 Å². The van der Waals surface area contributed by atoms with E-state index in [1.807, 2.05) is 0 Å². The molecule has 0 spiro atoms. The summed E-state index contributed by atoms with van der Waals surface area (Å²) < 4.78 is 0. The summed E-state index contributed by atoms with van der Waals surface area (Å²) in [5.74, 6) is -0.0898. The zero-order valence-electron chi connectivity index (χ0n) is 14.1. The molecule has 0 aliphatic rings. The molecule has 2 rings (SSSR count). The highest BCUT2D eigenvalue weighted by Gasteiger charge is 2.06. The van der Waals surface area contributed by atoms with Gasteiger partial charge in [-0.1, -0.05) is 46.4 Å². The van der Waals surface area contributed by atoms with Gasteiger partial charge in [-0.2, -0.15) is 0 Å². The first-order valence-corrected chi connectivity index (χ1v) is 9.46. The van der Waals surface area contributed by atoms with Crippen LogP contribution in [0.4, 0.5) is 0 Å². The summed E-state index contributed by atoms with van der Waals surface area (Å²) in [7, 11) is 0. The monoisotopic (exact) mass is 447 g/mol. The zero-order chi connectivity index (χ0) is 19.8. The molecule has 0 saturated carbocycles. The average molecular weight is 449 g/mol. The molecule has 0 amide bonds. The van der Waals surface area contributed by atoms with Crippen LogP contribution in [0.15, 0.2) is 34.3 Å². The third-order valence-electron chi connectivity index (χ3n) is 3.41. The van der Waals surface area contributed by atoms with Gasteiger partial charge in [0.25, 0.3) is 0 Å². The molecular weight excluding hydrogens is 432 g/mol. The van der Waals surface area contributed by atoms with Crippen LogP contribution in [0.25, 0.3) is 0 Å². The lowest BCUT2D eigenvalue weighted by molar-refractivity contribution is 0.474. The highest BCUT2D eigenvalue weighted by atomic mass is 35.5. The Morgan fingerprint density at radius 2 is 1.15 bits per heavy atom. The average Bonchev–Trinajstić information content (AvgIpc) is 2.61. The Kier molecular flexibility index (Phi) is 8.67. The second-order valence-electron chi connectivity index (χ2n) is 5.47. The predicted octanol–water partition coefficient (Wildman–Crippen LogP) is 4.84. The summed E-state index contributed by atoms with van der Waals surface area (Å²) in [6, 6.07) is 6.11. The van der Waals surface area contributed by atoms with Crippen LogP contribution in [0.2, 0.25) is 20.1 Å². The molecule has 0 saturated heterocycles. The van der Waals surface area contributed by atoms with Crippen molar-refractivity contribution in [2.24, 2.45) is 9.98 Å². The fraction of sp³-hybridized carbons (Fsp3) is 0.222. The van der Waals surface area contributed by atoms with Crippen LogP contribution in [0.3, 0.4) is 0 Å². The van der Waals surface area contributed by atoms with Crippen molar-refractivity contribution in [1.82, 2.24) is 5.32 Å². The summed E-state index contributed by atoms with van der Waals surface area (Å²) in [6.07, 6.45) is 3.05. The second kappa shape index (κ2) is 10.7. The standard InChI is InChI=1S/C18H17Cl4N3O2/c19-13-5-11(17(26)15(21)7-13)9-24-3-1-23-2-4-25-10-12-6-14(20)8-16(22)18(12)27/h5-10,23,26-27H,1-4H2. The first-order valence-electron chi connectivity index (χ1n) is 7.95. The van der Waals surface area contributed by atoms with Gasteiger partial charge in [0.15, 0.2) is 0 Å². The molecule has 0 fully saturated rings. The van der Waals surface area contributed by atoms with Crippen molar-refractivity contribution in [3.63, 3.8) is 0 Å². The van der Waals surface area contributed by atoms with E-state index < -0.39 is 0 Å². The van der Waals surface area contributed by atoms with E-state index in [1.165, 1.54) is 24.6 Å². The molecular formula is C18H17Cl4N3O2. The van der Waals surface area contributed by atoms with Crippen LogP contribution < -0.4 is 5.32 Å². The Morgan fingerprint density at radius 1 is 0.741 bits per heavy atom. The molecule has 0 radical (unpaired) electrons. The number of phenolic OH excluding ortho intramolecular Hbond substituents is 2. The summed E-state index contributed by atoms with van der Waals surface area (Å²) in [6.45, 7) is 2.29. The highest BCUT2D eigenvalue weighted by Crippen LogP contribution is 2.30. The number of rotatable bonds is 8. The van der Waals surface area contributed by atoms with Crippen LogP contribution in [-0.4, -0.2) is 48.8 Å². The van der Waals surface area contributed by atoms with Gasteiger partial charge in [0.2, 0.25) is 0 Å². The lowest BCUT2D eigenvalue weighted by atomic mass is 10.2. The van der Waals surface area contributed by atoms with E-state index in [0.717, 1.165) is 0 Å². The van der Waals surface area contributed by atoms with E-state index in [1.54, 1.807) is 12.1 Å². The van der Waals surface area contributed by atoms with Gasteiger partial charge in [-0.05, 0) is 24.3 Å². The minimum atomic E-state index is -0.0449. The Bertz CT molecular complexity index is 787. The smallest absolute Gasteiger partial charge is 0.143 e. The van der Waals surface area contributed by atoms with Gasteiger partial charge in [-0.15, -0.1) is 0 Å². The maximum absolute atomic E-state index is 9.82. The fourth-order valence-electron chi connectivity index (χ4n) is 2.11. The van der Waals surface area contributed by atoms with Gasteiger partial charge < -0.3 is 15.5 Å². The van der Waals surface area contributed by atoms with E-state index in [-0.39, 0.29) is 21.5 Å². The molecule has 2 aromatic rings. The number of nitrogens with zero attached hydrogens (tertiary/aromatic N) is 2. The molecule has 3 N–H and O–H groups in total. The van der Waals surface area contributed by atoms with Gasteiger partial charge >= 0.3 is 0 Å². The van der Waals surface area contributed by atoms with Crippen LogP contribution in [0, 0.1) is 0 Å². The molecule has 0 aliphatic heterocycles. The van der Waals surface area contributed by atoms with Gasteiger partial charge in [0, 0.05) is 46.7 Å². The largest absolute Gasteiger partial charge is 0.506 e. The zero-order valence-corrected chi connectivity index (χ0v) is 17.1. The second-order valence-corrected chi connectivity index (χ2v) is 7.16.